The van der Waals surface area contributed by atoms with Gasteiger partial charge in [0.2, 0.25) is 5.91 Å². The Hall–Kier alpha value is -3.60. The lowest BCUT2D eigenvalue weighted by atomic mass is 9.95. The third-order valence-corrected chi connectivity index (χ3v) is 6.90. The standard InChI is InChI=1S/C32H35NO8/c1-22(34)33-28-30(36-18-17-27(35)37-19-23-11-5-2-6-12-23)29-26(21-39-31(41-29)25-15-9-4-10-16-25)40-32(28)38-20-24-13-7-3-8-14-24/h2-16,26,28-32H,17-21H2,1H3,(H,33,34)/t26-,28+,29+,30-,31+,32-/m1/s1. The van der Waals surface area contributed by atoms with E-state index < -0.39 is 36.9 Å². The smallest absolute Gasteiger partial charge is 0.308 e. The van der Waals surface area contributed by atoms with Gasteiger partial charge in [0.15, 0.2) is 12.6 Å². The Kier molecular flexibility index (Phi) is 10.1. The minimum Gasteiger partial charge on any atom is -0.461 e. The van der Waals surface area contributed by atoms with Crippen LogP contribution in [0.15, 0.2) is 91.0 Å². The van der Waals surface area contributed by atoms with Crippen LogP contribution >= 0.6 is 0 Å². The van der Waals surface area contributed by atoms with Gasteiger partial charge in [-0.1, -0.05) is 91.0 Å². The monoisotopic (exact) mass is 561 g/mol. The van der Waals surface area contributed by atoms with E-state index in [-0.39, 0.29) is 44.7 Å². The highest BCUT2D eigenvalue weighted by Crippen LogP contribution is 2.36. The number of ether oxygens (including phenoxy) is 6. The summed E-state index contributed by atoms with van der Waals surface area (Å²) in [5.74, 6) is -0.659. The first-order valence-corrected chi connectivity index (χ1v) is 13.8. The first-order valence-electron chi connectivity index (χ1n) is 13.8. The average Bonchev–Trinajstić information content (AvgIpc) is 3.01. The maximum absolute atomic E-state index is 12.5. The number of rotatable bonds is 11. The Morgan fingerprint density at radius 1 is 0.829 bits per heavy atom. The van der Waals surface area contributed by atoms with Gasteiger partial charge in [-0.05, 0) is 11.1 Å². The Morgan fingerprint density at radius 3 is 2.12 bits per heavy atom. The molecule has 1 N–H and O–H groups in total. The van der Waals surface area contributed by atoms with Crippen LogP contribution in [0.5, 0.6) is 0 Å². The number of benzene rings is 3. The highest BCUT2D eigenvalue weighted by atomic mass is 16.7. The van der Waals surface area contributed by atoms with Gasteiger partial charge in [0.25, 0.3) is 0 Å². The summed E-state index contributed by atoms with van der Waals surface area (Å²) < 4.78 is 36.6. The van der Waals surface area contributed by atoms with Crippen LogP contribution in [0.25, 0.3) is 0 Å². The molecule has 2 saturated heterocycles. The van der Waals surface area contributed by atoms with Crippen LogP contribution in [0.2, 0.25) is 0 Å². The van der Waals surface area contributed by atoms with E-state index in [1.54, 1.807) is 0 Å². The zero-order chi connectivity index (χ0) is 28.4. The second-order valence-electron chi connectivity index (χ2n) is 9.97. The van der Waals surface area contributed by atoms with Gasteiger partial charge >= 0.3 is 5.97 Å². The Morgan fingerprint density at radius 2 is 1.46 bits per heavy atom. The van der Waals surface area contributed by atoms with Crippen LogP contribution in [-0.2, 0) is 51.2 Å². The molecular formula is C32H35NO8. The van der Waals surface area contributed by atoms with Crippen molar-refractivity contribution in [3.63, 3.8) is 0 Å². The van der Waals surface area contributed by atoms with Crippen LogP contribution in [0.1, 0.15) is 36.3 Å². The van der Waals surface area contributed by atoms with E-state index in [1.807, 2.05) is 91.0 Å². The summed E-state index contributed by atoms with van der Waals surface area (Å²) in [6.45, 7) is 2.18. The Balaban J connectivity index is 1.29. The summed E-state index contributed by atoms with van der Waals surface area (Å²) in [6.07, 6.45) is -3.24. The van der Waals surface area contributed by atoms with Crippen LogP contribution < -0.4 is 5.32 Å². The SMILES string of the molecule is CC(=O)N[C@@H]1[C@H](OCc2ccccc2)O[C@@H]2CO[C@H](c3ccccc3)O[C@@H]2[C@@H]1OCCC(=O)OCc1ccccc1. The van der Waals surface area contributed by atoms with Crippen molar-refractivity contribution in [1.82, 2.24) is 5.32 Å². The van der Waals surface area contributed by atoms with Crippen LogP contribution in [-0.4, -0.2) is 55.7 Å². The van der Waals surface area contributed by atoms with Crippen molar-refractivity contribution < 1.29 is 38.0 Å². The third kappa shape index (κ3) is 8.00. The first kappa shape index (κ1) is 28.9. The Bertz CT molecular complexity index is 1240. The second-order valence-corrected chi connectivity index (χ2v) is 9.97. The predicted octanol–water partition coefficient (Wildman–Crippen LogP) is 4.07. The second kappa shape index (κ2) is 14.3. The highest BCUT2D eigenvalue weighted by Gasteiger charge is 2.51. The summed E-state index contributed by atoms with van der Waals surface area (Å²) in [5, 5.41) is 2.94. The Labute approximate surface area is 239 Å². The fraction of sp³-hybridized carbons (Fsp3) is 0.375. The molecule has 0 spiro atoms. The minimum absolute atomic E-state index is 0.0303. The van der Waals surface area contributed by atoms with Crippen molar-refractivity contribution >= 4 is 11.9 Å². The van der Waals surface area contributed by atoms with E-state index in [4.69, 9.17) is 28.4 Å². The van der Waals surface area contributed by atoms with Gasteiger partial charge in [0, 0.05) is 12.5 Å². The van der Waals surface area contributed by atoms with Gasteiger partial charge in [0.1, 0.15) is 31.0 Å². The van der Waals surface area contributed by atoms with Gasteiger partial charge in [-0.3, -0.25) is 9.59 Å². The highest BCUT2D eigenvalue weighted by molar-refractivity contribution is 5.73. The molecule has 1 amide bonds. The molecule has 2 aliphatic heterocycles. The third-order valence-electron chi connectivity index (χ3n) is 6.90. The van der Waals surface area contributed by atoms with Crippen LogP contribution in [0.4, 0.5) is 0 Å². The van der Waals surface area contributed by atoms with Gasteiger partial charge in [-0.25, -0.2) is 0 Å². The van der Waals surface area contributed by atoms with Gasteiger partial charge < -0.3 is 33.7 Å². The molecule has 3 aromatic rings. The van der Waals surface area contributed by atoms with Crippen molar-refractivity contribution in [2.45, 2.75) is 63.5 Å². The number of carbonyl (C=O) groups is 2. The number of nitrogens with one attached hydrogen (secondary N) is 1. The molecule has 0 saturated carbocycles. The largest absolute Gasteiger partial charge is 0.461 e. The minimum atomic E-state index is -0.837. The summed E-state index contributed by atoms with van der Waals surface area (Å²) >= 11 is 0. The molecule has 5 rings (SSSR count). The number of fused-ring (bicyclic) bond motifs is 1. The van der Waals surface area contributed by atoms with Crippen LogP contribution in [0.3, 0.4) is 0 Å². The number of esters is 1. The van der Waals surface area contributed by atoms with E-state index in [9.17, 15) is 9.59 Å². The number of hydrogen-bond acceptors (Lipinski definition) is 8. The van der Waals surface area contributed by atoms with Crippen molar-refractivity contribution in [1.29, 1.82) is 0 Å². The number of hydrogen-bond donors (Lipinski definition) is 1. The zero-order valence-corrected chi connectivity index (χ0v) is 22.9. The molecule has 6 atom stereocenters. The number of carbonyl (C=O) groups excluding carboxylic acids is 2. The van der Waals surface area contributed by atoms with Crippen molar-refractivity contribution in [3.05, 3.63) is 108 Å². The lowest BCUT2D eigenvalue weighted by molar-refractivity contribution is -0.349. The lowest BCUT2D eigenvalue weighted by Gasteiger charge is -2.49. The van der Waals surface area contributed by atoms with Crippen molar-refractivity contribution in [2.75, 3.05) is 13.2 Å². The molecule has 9 heteroatoms. The quantitative estimate of drug-likeness (QED) is 0.350. The average molecular weight is 562 g/mol. The molecule has 216 valence electrons. The molecule has 0 unspecified atom stereocenters. The maximum atomic E-state index is 12.5. The fourth-order valence-corrected chi connectivity index (χ4v) is 4.92. The molecule has 9 nitrogen and oxygen atoms in total. The van der Waals surface area contributed by atoms with E-state index >= 15 is 0 Å². The van der Waals surface area contributed by atoms with E-state index in [0.717, 1.165) is 16.7 Å². The lowest BCUT2D eigenvalue weighted by Crippen LogP contribution is -2.67. The molecule has 2 aliphatic rings. The van der Waals surface area contributed by atoms with Gasteiger partial charge in [-0.15, -0.1) is 0 Å². The molecule has 3 aromatic carbocycles. The summed E-state index contributed by atoms with van der Waals surface area (Å²) in [7, 11) is 0. The van der Waals surface area contributed by atoms with Crippen LogP contribution in [0, 0.1) is 0 Å². The molecule has 2 fully saturated rings. The summed E-state index contributed by atoms with van der Waals surface area (Å²) in [5.41, 5.74) is 2.71. The van der Waals surface area contributed by atoms with Gasteiger partial charge in [0.05, 0.1) is 26.2 Å². The molecular weight excluding hydrogens is 526 g/mol. The van der Waals surface area contributed by atoms with Crippen molar-refractivity contribution in [3.8, 4) is 0 Å². The summed E-state index contributed by atoms with van der Waals surface area (Å²) in [4.78, 5) is 24.8. The molecule has 0 aliphatic carbocycles. The molecule has 0 bridgehead atoms. The van der Waals surface area contributed by atoms with E-state index in [1.165, 1.54) is 6.92 Å². The first-order chi connectivity index (χ1) is 20.1. The summed E-state index contributed by atoms with van der Waals surface area (Å²) in [6, 6.07) is 28.0. The molecule has 0 radical (unpaired) electrons. The normalized spacial score (nSPS) is 25.6. The number of amides is 1. The van der Waals surface area contributed by atoms with E-state index in [2.05, 4.69) is 5.32 Å². The fourth-order valence-electron chi connectivity index (χ4n) is 4.92. The predicted molar refractivity (Wildman–Crippen MR) is 148 cm³/mol. The van der Waals surface area contributed by atoms with Crippen molar-refractivity contribution in [2.24, 2.45) is 0 Å². The maximum Gasteiger partial charge on any atom is 0.308 e. The topological polar surface area (TPSA) is 102 Å². The molecule has 41 heavy (non-hydrogen) atoms. The van der Waals surface area contributed by atoms with Gasteiger partial charge in [-0.2, -0.15) is 0 Å². The van der Waals surface area contributed by atoms with E-state index in [0.29, 0.717) is 0 Å². The molecule has 0 aromatic heterocycles. The zero-order valence-electron chi connectivity index (χ0n) is 22.9. The molecule has 2 heterocycles.